The summed E-state index contributed by atoms with van der Waals surface area (Å²) in [7, 11) is 0. The van der Waals surface area contributed by atoms with Gasteiger partial charge >= 0.3 is 0 Å². The first-order valence-corrected chi connectivity index (χ1v) is 22.8. The van der Waals surface area contributed by atoms with E-state index in [0.717, 1.165) is 69.8 Å². The van der Waals surface area contributed by atoms with Crippen molar-refractivity contribution in [1.82, 2.24) is 34.9 Å². The predicted molar refractivity (Wildman–Crippen MR) is 235 cm³/mol. The van der Waals surface area contributed by atoms with Crippen LogP contribution in [0.25, 0.3) is 17.2 Å². The first-order valence-electron chi connectivity index (χ1n) is 22.8. The molecule has 65 heavy (non-hydrogen) atoms. The number of nitrogens with zero attached hydrogens (tertiary/aromatic N) is 6. The second-order valence-corrected chi connectivity index (χ2v) is 17.8. The monoisotopic (exact) mass is 895 g/mol. The van der Waals surface area contributed by atoms with Gasteiger partial charge in [0.2, 0.25) is 17.7 Å². The minimum atomic E-state index is -2.87. The van der Waals surface area contributed by atoms with Crippen LogP contribution in [0.15, 0.2) is 60.0 Å². The van der Waals surface area contributed by atoms with Crippen LogP contribution in [0.3, 0.4) is 0 Å². The highest BCUT2D eigenvalue weighted by atomic mass is 19.3. The molecule has 1 unspecified atom stereocenters. The first-order chi connectivity index (χ1) is 31.6. The summed E-state index contributed by atoms with van der Waals surface area (Å²) in [4.78, 5) is 63.6. The summed E-state index contributed by atoms with van der Waals surface area (Å²) in [5.41, 5.74) is 3.35. The average molecular weight is 896 g/mol. The highest BCUT2D eigenvalue weighted by Gasteiger charge is 2.42. The molecule has 3 aliphatic heterocycles. The Morgan fingerprint density at radius 3 is 2.68 bits per heavy atom. The maximum absolute atomic E-state index is 14.2. The number of imide groups is 1. The van der Waals surface area contributed by atoms with Crippen LogP contribution in [0.4, 0.5) is 20.2 Å². The van der Waals surface area contributed by atoms with Crippen LogP contribution in [0.5, 0.6) is 0 Å². The first kappa shape index (κ1) is 44.4. The molecule has 4 aromatic rings. The van der Waals surface area contributed by atoms with Gasteiger partial charge in [0.05, 0.1) is 36.6 Å². The molecule has 0 radical (unpaired) electrons. The molecule has 2 saturated heterocycles. The molecular weight excluding hydrogens is 841 g/mol. The number of aryl methyl sites for hydroxylation is 1. The molecule has 1 aromatic carbocycles. The van der Waals surface area contributed by atoms with E-state index in [1.165, 1.54) is 30.2 Å². The molecule has 2 saturated carbocycles. The Labute approximate surface area is 375 Å². The number of morpholine rings is 1. The minimum Gasteiger partial charge on any atom is -0.444 e. The molecule has 3 N–H and O–H groups in total. The summed E-state index contributed by atoms with van der Waals surface area (Å²) >= 11 is 0. The molecule has 344 valence electrons. The third-order valence-corrected chi connectivity index (χ3v) is 13.2. The lowest BCUT2D eigenvalue weighted by atomic mass is 9.85. The number of oxazole rings is 1. The Bertz CT molecular complexity index is 2410. The molecule has 0 spiro atoms. The number of piperidine rings is 1. The molecule has 6 heterocycles. The Kier molecular flexibility index (Phi) is 13.5. The van der Waals surface area contributed by atoms with E-state index in [4.69, 9.17) is 13.9 Å². The number of nitrogens with one attached hydrogen (secondary N) is 3. The number of hydrogen-bond donors (Lipinski definition) is 3. The summed E-state index contributed by atoms with van der Waals surface area (Å²) in [6.45, 7) is 8.70. The van der Waals surface area contributed by atoms with Crippen molar-refractivity contribution in [2.24, 2.45) is 11.8 Å². The molecule has 16 nitrogen and oxygen atoms in total. The molecule has 4 fully saturated rings. The number of carbonyl (C=O) groups excluding carboxylic acids is 4. The number of fused-ring (bicyclic) bond motifs is 1. The summed E-state index contributed by atoms with van der Waals surface area (Å²) < 4.78 is 47.7. The van der Waals surface area contributed by atoms with Gasteiger partial charge in [-0.3, -0.25) is 44.0 Å². The zero-order valence-corrected chi connectivity index (χ0v) is 36.3. The van der Waals surface area contributed by atoms with Crippen LogP contribution in [0.2, 0.25) is 0 Å². The van der Waals surface area contributed by atoms with E-state index in [1.807, 2.05) is 24.3 Å². The van der Waals surface area contributed by atoms with E-state index in [0.29, 0.717) is 66.8 Å². The number of pyridine rings is 1. The van der Waals surface area contributed by atoms with E-state index in [2.05, 4.69) is 42.5 Å². The number of carbonyl (C=O) groups is 4. The van der Waals surface area contributed by atoms with Crippen LogP contribution < -0.4 is 16.0 Å². The van der Waals surface area contributed by atoms with E-state index in [9.17, 15) is 28.0 Å². The number of ether oxygens (including phenoxy) is 2. The number of aromatic nitrogens is 4. The van der Waals surface area contributed by atoms with Crippen molar-refractivity contribution in [3.8, 4) is 11.5 Å². The number of alkyl halides is 2. The van der Waals surface area contributed by atoms with Crippen LogP contribution in [0, 0.1) is 11.8 Å². The topological polar surface area (TPSA) is 186 Å². The van der Waals surface area contributed by atoms with Crippen LogP contribution in [0.1, 0.15) is 114 Å². The van der Waals surface area contributed by atoms with Crippen molar-refractivity contribution >= 4 is 40.7 Å². The summed E-state index contributed by atoms with van der Waals surface area (Å²) in [5, 5.41) is 12.5. The number of halogens is 2. The van der Waals surface area contributed by atoms with Crippen molar-refractivity contribution in [1.29, 1.82) is 0 Å². The van der Waals surface area contributed by atoms with Gasteiger partial charge in [-0.25, -0.2) is 13.8 Å². The quantitative estimate of drug-likeness (QED) is 0.0715. The molecule has 4 amide bonds. The molecule has 3 aromatic heterocycles. The van der Waals surface area contributed by atoms with E-state index in [-0.39, 0.29) is 54.1 Å². The largest absolute Gasteiger partial charge is 0.444 e. The van der Waals surface area contributed by atoms with Gasteiger partial charge in [-0.05, 0) is 81.4 Å². The van der Waals surface area contributed by atoms with Gasteiger partial charge in [0.15, 0.2) is 11.4 Å². The average Bonchev–Trinajstić information content (AvgIpc) is 3.71. The van der Waals surface area contributed by atoms with Gasteiger partial charge in [-0.15, -0.1) is 0 Å². The smallest absolute Gasteiger partial charge is 0.284 e. The minimum absolute atomic E-state index is 0.0172. The van der Waals surface area contributed by atoms with Gasteiger partial charge < -0.3 is 24.5 Å². The Hall–Kier alpha value is -5.85. The molecule has 5 aliphatic rings. The molecule has 2 atom stereocenters. The molecule has 2 aliphatic carbocycles. The Balaban J connectivity index is 0.697. The number of benzene rings is 1. The standard InChI is InChI=1S/C47H55F2N9O7/c1-28-35-4-2-5-36(41(35)47(62)58(28)39-14-15-40(59)54-45(39)61)51-17-3-20-63-26-34-24-56(19-21-64-34)23-30-9-12-33(13-10-30)57-25-37(42(55-57)43(48)49)52-44(60)38-27-65-46(53-38)31-16-18-50-32(22-31)11-8-29-6-7-29/h2,4-5,16,18,22,25,27,29-30,33-34,39,43,51H,1,3,6-15,17,19-21,23-24,26H2,(H,52,60)(H,54,59,61)/t30?,33?,34-,39?/m0/s1. The third kappa shape index (κ3) is 10.3. The SMILES string of the molecule is C=C1c2cccc(NCCCOC[C@@H]3CN(CC4CCC(n5cc(NC(=O)c6coc(-c7ccnc(CCC8CC8)c7)n6)c(C(F)F)n5)CC4)CCO3)c2C(=O)N1C1CCC(=O)NC1=O. The lowest BCUT2D eigenvalue weighted by Crippen LogP contribution is -2.52. The third-order valence-electron chi connectivity index (χ3n) is 13.2. The zero-order chi connectivity index (χ0) is 45.0. The number of rotatable bonds is 18. The lowest BCUT2D eigenvalue weighted by molar-refractivity contribution is -0.136. The van der Waals surface area contributed by atoms with Crippen molar-refractivity contribution in [3.05, 3.63) is 83.8 Å². The van der Waals surface area contributed by atoms with Crippen molar-refractivity contribution < 1.29 is 41.8 Å². The van der Waals surface area contributed by atoms with E-state index >= 15 is 0 Å². The van der Waals surface area contributed by atoms with Gasteiger partial charge in [-0.2, -0.15) is 5.10 Å². The number of hydrogen-bond acceptors (Lipinski definition) is 12. The van der Waals surface area contributed by atoms with Crippen LogP contribution >= 0.6 is 0 Å². The van der Waals surface area contributed by atoms with Gasteiger partial charge in [0.25, 0.3) is 18.2 Å². The fourth-order valence-corrected chi connectivity index (χ4v) is 9.47. The highest BCUT2D eigenvalue weighted by molar-refractivity contribution is 6.15. The molecule has 0 bridgehead atoms. The normalized spacial score (nSPS) is 22.7. The van der Waals surface area contributed by atoms with Crippen LogP contribution in [-0.4, -0.2) is 111 Å². The molecule has 18 heteroatoms. The second kappa shape index (κ2) is 19.7. The lowest BCUT2D eigenvalue weighted by Gasteiger charge is -2.37. The van der Waals surface area contributed by atoms with E-state index in [1.54, 1.807) is 16.9 Å². The van der Waals surface area contributed by atoms with Gasteiger partial charge in [0.1, 0.15) is 12.3 Å². The predicted octanol–water partition coefficient (Wildman–Crippen LogP) is 6.65. The maximum atomic E-state index is 14.2. The Morgan fingerprint density at radius 2 is 1.88 bits per heavy atom. The summed E-state index contributed by atoms with van der Waals surface area (Å²) in [6, 6.07) is 8.33. The maximum Gasteiger partial charge on any atom is 0.284 e. The molecular formula is C47H55F2N9O7. The van der Waals surface area contributed by atoms with Crippen molar-refractivity contribution in [2.45, 2.75) is 95.2 Å². The summed E-state index contributed by atoms with van der Waals surface area (Å²) in [6.07, 6.45) is 10.5. The fraction of sp³-hybridized carbons (Fsp3) is 0.511. The molecule has 9 rings (SSSR count). The number of amides is 4. The van der Waals surface area contributed by atoms with Crippen LogP contribution in [-0.2, 0) is 25.5 Å². The second-order valence-electron chi connectivity index (χ2n) is 17.8. The van der Waals surface area contributed by atoms with Gasteiger partial charge in [0, 0.05) is 79.8 Å². The number of anilines is 2. The zero-order valence-electron chi connectivity index (χ0n) is 36.3. The fourth-order valence-electron chi connectivity index (χ4n) is 9.47. The highest BCUT2D eigenvalue weighted by Crippen LogP contribution is 2.39. The van der Waals surface area contributed by atoms with Crippen molar-refractivity contribution in [2.75, 3.05) is 56.6 Å². The van der Waals surface area contributed by atoms with Gasteiger partial charge in [-0.1, -0.05) is 31.6 Å². The van der Waals surface area contributed by atoms with Crippen molar-refractivity contribution in [3.63, 3.8) is 0 Å². The summed E-state index contributed by atoms with van der Waals surface area (Å²) in [5.74, 6) is -0.311. The Morgan fingerprint density at radius 1 is 1.05 bits per heavy atom. The van der Waals surface area contributed by atoms with E-state index < -0.39 is 30.0 Å².